The van der Waals surface area contributed by atoms with Crippen molar-refractivity contribution in [1.82, 2.24) is 4.90 Å². The molecule has 1 unspecified atom stereocenters. The van der Waals surface area contributed by atoms with Crippen LogP contribution in [0.5, 0.6) is 11.5 Å². The number of methoxy groups -OCH3 is 1. The van der Waals surface area contributed by atoms with Gasteiger partial charge in [0.15, 0.2) is 22.9 Å². The second-order valence-corrected chi connectivity index (χ2v) is 8.82. The normalized spacial score (nSPS) is 15.5. The molecule has 0 bridgehead atoms. The lowest BCUT2D eigenvalue weighted by molar-refractivity contribution is -0.130. The summed E-state index contributed by atoms with van der Waals surface area (Å²) in [6, 6.07) is 22.8. The molecule has 0 radical (unpaired) electrons. The molecule has 4 aromatic rings. The van der Waals surface area contributed by atoms with Crippen LogP contribution in [0.1, 0.15) is 41.1 Å². The highest BCUT2D eigenvalue weighted by Gasteiger charge is 2.44. The summed E-state index contributed by atoms with van der Waals surface area (Å²) in [5.74, 6) is -0.647. The van der Waals surface area contributed by atoms with Gasteiger partial charge in [0.05, 0.1) is 25.3 Å². The largest absolute Gasteiger partial charge is 0.503 e. The molecule has 1 amide bonds. The van der Waals surface area contributed by atoms with Crippen LogP contribution in [0.25, 0.3) is 11.0 Å². The van der Waals surface area contributed by atoms with E-state index in [1.165, 1.54) is 12.0 Å². The number of rotatable bonds is 9. The number of para-hydroxylation sites is 1. The third-order valence-corrected chi connectivity index (χ3v) is 6.34. The number of hydrogen-bond donors (Lipinski definition) is 1. The molecule has 1 atom stereocenters. The second kappa shape index (κ2) is 10.2. The zero-order valence-corrected chi connectivity index (χ0v) is 20.6. The van der Waals surface area contributed by atoms with Crippen molar-refractivity contribution in [3.8, 4) is 11.5 Å². The highest BCUT2D eigenvalue weighted by Crippen LogP contribution is 2.41. The number of aliphatic hydroxyl groups excluding tert-OH is 1. The van der Waals surface area contributed by atoms with Crippen LogP contribution in [-0.2, 0) is 11.3 Å². The van der Waals surface area contributed by atoms with Crippen LogP contribution < -0.4 is 9.47 Å². The Balaban J connectivity index is 1.60. The molecule has 1 aromatic heterocycles. The molecule has 0 saturated carbocycles. The number of Topliss-reactive ketones (excluding diaryl/α,β-unsaturated/α-hetero) is 1. The first-order chi connectivity index (χ1) is 18.0. The minimum Gasteiger partial charge on any atom is -0.503 e. The predicted octanol–water partition coefficient (Wildman–Crippen LogP) is 6.01. The van der Waals surface area contributed by atoms with Gasteiger partial charge in [-0.15, -0.1) is 0 Å². The summed E-state index contributed by atoms with van der Waals surface area (Å²) in [6.45, 7) is 2.76. The first-order valence-electron chi connectivity index (χ1n) is 12.1. The fraction of sp³-hybridized carbons (Fsp3) is 0.200. The van der Waals surface area contributed by atoms with E-state index >= 15 is 0 Å². The Bertz CT molecular complexity index is 1490. The lowest BCUT2D eigenvalue weighted by Gasteiger charge is -2.27. The SMILES string of the molecule is CCCOc1cccc(C2C(C(=O)c3cc4cccc(OC)c4o3)=C(O)C(=O)N2Cc2ccccc2)c1. The summed E-state index contributed by atoms with van der Waals surface area (Å²) in [5.41, 5.74) is 1.91. The molecule has 0 saturated heterocycles. The minimum absolute atomic E-state index is 0.0128. The zero-order valence-electron chi connectivity index (χ0n) is 20.6. The molecule has 188 valence electrons. The Kier molecular flexibility index (Phi) is 6.68. The van der Waals surface area contributed by atoms with E-state index in [-0.39, 0.29) is 17.9 Å². The van der Waals surface area contributed by atoms with Gasteiger partial charge >= 0.3 is 0 Å². The number of hydrogen-bond acceptors (Lipinski definition) is 6. The monoisotopic (exact) mass is 497 g/mol. The molecular formula is C30H27NO6. The zero-order chi connectivity index (χ0) is 25.9. The van der Waals surface area contributed by atoms with Gasteiger partial charge < -0.3 is 23.9 Å². The molecule has 5 rings (SSSR count). The number of ether oxygens (including phenoxy) is 2. The van der Waals surface area contributed by atoms with Crippen LogP contribution in [0.3, 0.4) is 0 Å². The number of amides is 1. The van der Waals surface area contributed by atoms with E-state index in [4.69, 9.17) is 13.9 Å². The Morgan fingerprint density at radius 1 is 1.03 bits per heavy atom. The number of fused-ring (bicyclic) bond motifs is 1. The maximum atomic E-state index is 13.8. The molecule has 3 aromatic carbocycles. The van der Waals surface area contributed by atoms with Crippen LogP contribution in [0, 0.1) is 0 Å². The number of furan rings is 1. The van der Waals surface area contributed by atoms with E-state index in [0.29, 0.717) is 34.6 Å². The molecule has 7 heteroatoms. The van der Waals surface area contributed by atoms with Gasteiger partial charge in [0.2, 0.25) is 5.78 Å². The topological polar surface area (TPSA) is 89.2 Å². The molecule has 1 aliphatic heterocycles. The molecule has 2 heterocycles. The summed E-state index contributed by atoms with van der Waals surface area (Å²) in [4.78, 5) is 28.7. The molecule has 7 nitrogen and oxygen atoms in total. The van der Waals surface area contributed by atoms with Crippen molar-refractivity contribution in [2.75, 3.05) is 13.7 Å². The fourth-order valence-electron chi connectivity index (χ4n) is 4.61. The lowest BCUT2D eigenvalue weighted by atomic mass is 9.94. The van der Waals surface area contributed by atoms with Crippen molar-refractivity contribution in [3.63, 3.8) is 0 Å². The third kappa shape index (κ3) is 4.56. The van der Waals surface area contributed by atoms with Crippen molar-refractivity contribution < 1.29 is 28.6 Å². The van der Waals surface area contributed by atoms with Crippen LogP contribution in [-0.4, -0.2) is 35.4 Å². The van der Waals surface area contributed by atoms with Crippen molar-refractivity contribution in [1.29, 1.82) is 0 Å². The smallest absolute Gasteiger partial charge is 0.290 e. The Labute approximate surface area is 214 Å². The fourth-order valence-corrected chi connectivity index (χ4v) is 4.61. The molecule has 1 aliphatic rings. The molecule has 37 heavy (non-hydrogen) atoms. The standard InChI is InChI=1S/C30H27NO6/c1-3-15-36-22-13-7-11-20(16-22)26-25(28(33)30(34)31(26)18-19-9-5-4-6-10-19)27(32)24-17-21-12-8-14-23(35-2)29(21)37-24/h4-14,16-17,26,33H,3,15,18H2,1-2H3. The highest BCUT2D eigenvalue weighted by molar-refractivity contribution is 6.16. The molecule has 0 fully saturated rings. The quantitative estimate of drug-likeness (QED) is 0.285. The molecular weight excluding hydrogens is 470 g/mol. The van der Waals surface area contributed by atoms with Gasteiger partial charge in [-0.3, -0.25) is 9.59 Å². The van der Waals surface area contributed by atoms with Gasteiger partial charge in [-0.1, -0.05) is 61.5 Å². The van der Waals surface area contributed by atoms with Crippen molar-refractivity contribution in [2.24, 2.45) is 0 Å². The van der Waals surface area contributed by atoms with E-state index in [1.807, 2.05) is 55.5 Å². The van der Waals surface area contributed by atoms with E-state index < -0.39 is 23.5 Å². The van der Waals surface area contributed by atoms with Gasteiger partial charge in [-0.05, 0) is 41.8 Å². The summed E-state index contributed by atoms with van der Waals surface area (Å²) < 4.78 is 17.1. The second-order valence-electron chi connectivity index (χ2n) is 8.82. The van der Waals surface area contributed by atoms with Gasteiger partial charge in [-0.2, -0.15) is 0 Å². The van der Waals surface area contributed by atoms with Crippen LogP contribution in [0.4, 0.5) is 0 Å². The summed E-state index contributed by atoms with van der Waals surface area (Å²) in [5, 5.41) is 11.7. The number of nitrogens with zero attached hydrogens (tertiary/aromatic N) is 1. The average molecular weight is 498 g/mol. The number of aliphatic hydroxyl groups is 1. The van der Waals surface area contributed by atoms with Gasteiger partial charge in [-0.25, -0.2) is 0 Å². The third-order valence-electron chi connectivity index (χ3n) is 6.34. The van der Waals surface area contributed by atoms with Crippen LogP contribution in [0.15, 0.2) is 94.6 Å². The summed E-state index contributed by atoms with van der Waals surface area (Å²) in [6.07, 6.45) is 0.840. The Morgan fingerprint density at radius 3 is 2.57 bits per heavy atom. The Morgan fingerprint density at radius 2 is 1.81 bits per heavy atom. The Hall–Kier alpha value is -4.52. The molecule has 0 spiro atoms. The highest BCUT2D eigenvalue weighted by atomic mass is 16.5. The van der Waals surface area contributed by atoms with E-state index in [0.717, 1.165) is 12.0 Å². The lowest BCUT2D eigenvalue weighted by Crippen LogP contribution is -2.30. The van der Waals surface area contributed by atoms with Gasteiger partial charge in [0.1, 0.15) is 5.75 Å². The number of carbonyl (C=O) groups is 2. The van der Waals surface area contributed by atoms with Gasteiger partial charge in [0.25, 0.3) is 5.91 Å². The van der Waals surface area contributed by atoms with Crippen molar-refractivity contribution in [3.05, 3.63) is 107 Å². The number of carbonyl (C=O) groups excluding carboxylic acids is 2. The van der Waals surface area contributed by atoms with Crippen molar-refractivity contribution >= 4 is 22.7 Å². The van der Waals surface area contributed by atoms with E-state index in [9.17, 15) is 14.7 Å². The maximum absolute atomic E-state index is 13.8. The van der Waals surface area contributed by atoms with Gasteiger partial charge in [0, 0.05) is 11.9 Å². The predicted molar refractivity (Wildman–Crippen MR) is 139 cm³/mol. The molecule has 1 N–H and O–H groups in total. The average Bonchev–Trinajstić information content (AvgIpc) is 3.47. The van der Waals surface area contributed by atoms with Crippen LogP contribution in [0.2, 0.25) is 0 Å². The molecule has 0 aliphatic carbocycles. The number of ketones is 1. The van der Waals surface area contributed by atoms with E-state index in [2.05, 4.69) is 0 Å². The maximum Gasteiger partial charge on any atom is 0.290 e. The summed E-state index contributed by atoms with van der Waals surface area (Å²) >= 11 is 0. The first-order valence-corrected chi connectivity index (χ1v) is 12.1. The van der Waals surface area contributed by atoms with Crippen LogP contribution >= 0.6 is 0 Å². The minimum atomic E-state index is -0.833. The first kappa shape index (κ1) is 24.2. The summed E-state index contributed by atoms with van der Waals surface area (Å²) in [7, 11) is 1.52. The number of benzene rings is 3. The van der Waals surface area contributed by atoms with E-state index in [1.54, 1.807) is 30.3 Å². The van der Waals surface area contributed by atoms with Crippen molar-refractivity contribution in [2.45, 2.75) is 25.9 Å².